The zero-order chi connectivity index (χ0) is 16.6. The Morgan fingerprint density at radius 2 is 2.26 bits per heavy atom. The summed E-state index contributed by atoms with van der Waals surface area (Å²) < 4.78 is 10.8. The molecule has 0 N–H and O–H groups in total. The third-order valence-electron chi connectivity index (χ3n) is 4.54. The molecule has 2 aromatic rings. The molecule has 1 fully saturated rings. The number of amides is 1. The van der Waals surface area contributed by atoms with Gasteiger partial charge in [-0.05, 0) is 39.7 Å². The topological polar surface area (TPSA) is 72.4 Å². The second-order valence-corrected chi connectivity index (χ2v) is 6.18. The third-order valence-corrected chi connectivity index (χ3v) is 4.54. The van der Waals surface area contributed by atoms with Crippen molar-refractivity contribution in [2.45, 2.75) is 58.9 Å². The normalized spacial score (nSPS) is 19.3. The van der Waals surface area contributed by atoms with Crippen LogP contribution in [0.5, 0.6) is 0 Å². The van der Waals surface area contributed by atoms with E-state index in [0.717, 1.165) is 36.5 Å². The largest absolute Gasteiger partial charge is 0.466 e. The fraction of sp³-hybridized carbons (Fsp3) is 0.588. The second kappa shape index (κ2) is 6.18. The molecule has 1 saturated heterocycles. The zero-order valence-electron chi connectivity index (χ0n) is 14.1. The lowest BCUT2D eigenvalue weighted by molar-refractivity contribution is -0.133. The molecule has 2 atom stereocenters. The number of carbonyl (C=O) groups is 1. The summed E-state index contributed by atoms with van der Waals surface area (Å²) in [5.74, 6) is 2.76. The first-order valence-electron chi connectivity index (χ1n) is 8.21. The van der Waals surface area contributed by atoms with Gasteiger partial charge in [0.25, 0.3) is 0 Å². The van der Waals surface area contributed by atoms with Gasteiger partial charge in [-0.2, -0.15) is 4.98 Å². The molecule has 6 heteroatoms. The molecular weight excluding hydrogens is 294 g/mol. The average Bonchev–Trinajstić information content (AvgIpc) is 3.23. The Bertz CT molecular complexity index is 704. The maximum absolute atomic E-state index is 13.0. The van der Waals surface area contributed by atoms with Gasteiger partial charge in [-0.15, -0.1) is 0 Å². The summed E-state index contributed by atoms with van der Waals surface area (Å²) in [4.78, 5) is 19.3. The Kier molecular flexibility index (Phi) is 4.24. The van der Waals surface area contributed by atoms with Crippen LogP contribution in [-0.4, -0.2) is 27.5 Å². The molecule has 0 unspecified atom stereocenters. The highest BCUT2D eigenvalue weighted by Crippen LogP contribution is 2.34. The molecule has 1 aliphatic rings. The highest BCUT2D eigenvalue weighted by Gasteiger charge is 2.36. The van der Waals surface area contributed by atoms with Gasteiger partial charge < -0.3 is 13.8 Å². The molecule has 3 rings (SSSR count). The molecule has 0 aromatic carbocycles. The quantitative estimate of drug-likeness (QED) is 0.865. The lowest BCUT2D eigenvalue weighted by atomic mass is 9.99. The minimum atomic E-state index is -0.231. The van der Waals surface area contributed by atoms with Crippen LogP contribution in [0.4, 0.5) is 0 Å². The van der Waals surface area contributed by atoms with Gasteiger partial charge in [-0.25, -0.2) is 0 Å². The Hall–Kier alpha value is -2.11. The summed E-state index contributed by atoms with van der Waals surface area (Å²) in [5.41, 5.74) is 0.959. The van der Waals surface area contributed by atoms with E-state index in [1.807, 2.05) is 38.7 Å². The van der Waals surface area contributed by atoms with Crippen molar-refractivity contribution >= 4 is 5.91 Å². The Balaban J connectivity index is 1.81. The van der Waals surface area contributed by atoms with Gasteiger partial charge in [0.05, 0.1) is 12.0 Å². The number of nitrogens with zero attached hydrogens (tertiary/aromatic N) is 3. The van der Waals surface area contributed by atoms with Gasteiger partial charge in [0, 0.05) is 18.5 Å². The predicted octanol–water partition coefficient (Wildman–Crippen LogP) is 3.31. The molecular formula is C17H23N3O3. The number of hydrogen-bond donors (Lipinski definition) is 0. The molecule has 0 bridgehead atoms. The standard InChI is InChI=1S/C17H23N3O3/c1-5-15-18-16(19-23-15)14-7-6-8-20(14)17(21)11(3)13-9-10(2)22-12(13)4/h9,11,14H,5-8H2,1-4H3/t11-,14-/m0/s1. The van der Waals surface area contributed by atoms with Crippen molar-refractivity contribution in [2.24, 2.45) is 0 Å². The SMILES string of the molecule is CCc1nc([C@@H]2CCCN2C(=O)[C@@H](C)c2cc(C)oc2C)no1. The number of carbonyl (C=O) groups excluding carboxylic acids is 1. The highest BCUT2D eigenvalue weighted by molar-refractivity contribution is 5.84. The van der Waals surface area contributed by atoms with E-state index in [2.05, 4.69) is 10.1 Å². The van der Waals surface area contributed by atoms with E-state index in [-0.39, 0.29) is 17.9 Å². The maximum Gasteiger partial charge on any atom is 0.230 e. The number of rotatable bonds is 4. The number of aromatic nitrogens is 2. The van der Waals surface area contributed by atoms with Crippen LogP contribution >= 0.6 is 0 Å². The summed E-state index contributed by atoms with van der Waals surface area (Å²) in [6.45, 7) is 8.45. The molecule has 1 amide bonds. The zero-order valence-corrected chi connectivity index (χ0v) is 14.1. The molecule has 2 aromatic heterocycles. The third kappa shape index (κ3) is 2.90. The maximum atomic E-state index is 13.0. The van der Waals surface area contributed by atoms with Crippen molar-refractivity contribution in [1.29, 1.82) is 0 Å². The molecule has 3 heterocycles. The van der Waals surface area contributed by atoms with Gasteiger partial charge >= 0.3 is 0 Å². The van der Waals surface area contributed by atoms with Crippen molar-refractivity contribution < 1.29 is 13.7 Å². The summed E-state index contributed by atoms with van der Waals surface area (Å²) in [7, 11) is 0. The van der Waals surface area contributed by atoms with E-state index in [1.54, 1.807) is 0 Å². The molecule has 0 radical (unpaired) electrons. The van der Waals surface area contributed by atoms with Crippen LogP contribution in [0.1, 0.15) is 67.4 Å². The van der Waals surface area contributed by atoms with Crippen LogP contribution in [0.15, 0.2) is 15.0 Å². The smallest absolute Gasteiger partial charge is 0.230 e. The van der Waals surface area contributed by atoms with Crippen LogP contribution in [0.2, 0.25) is 0 Å². The van der Waals surface area contributed by atoms with Crippen molar-refractivity contribution in [1.82, 2.24) is 15.0 Å². The Labute approximate surface area is 135 Å². The van der Waals surface area contributed by atoms with Gasteiger partial charge in [0.15, 0.2) is 5.82 Å². The molecule has 23 heavy (non-hydrogen) atoms. The second-order valence-electron chi connectivity index (χ2n) is 6.18. The average molecular weight is 317 g/mol. The van der Waals surface area contributed by atoms with Crippen molar-refractivity contribution in [2.75, 3.05) is 6.54 Å². The fourth-order valence-corrected chi connectivity index (χ4v) is 3.31. The Morgan fingerprint density at radius 1 is 1.48 bits per heavy atom. The summed E-state index contributed by atoms with van der Waals surface area (Å²) in [5, 5.41) is 4.06. The van der Waals surface area contributed by atoms with Crippen LogP contribution < -0.4 is 0 Å². The molecule has 0 spiro atoms. The summed E-state index contributed by atoms with van der Waals surface area (Å²) in [6, 6.07) is 1.87. The van der Waals surface area contributed by atoms with Gasteiger partial charge in [-0.3, -0.25) is 4.79 Å². The fourth-order valence-electron chi connectivity index (χ4n) is 3.31. The first kappa shape index (κ1) is 15.8. The van der Waals surface area contributed by atoms with Crippen molar-refractivity contribution in [3.05, 3.63) is 34.9 Å². The van der Waals surface area contributed by atoms with E-state index in [9.17, 15) is 4.79 Å². The van der Waals surface area contributed by atoms with Crippen LogP contribution in [-0.2, 0) is 11.2 Å². The number of hydrogen-bond acceptors (Lipinski definition) is 5. The lowest BCUT2D eigenvalue weighted by Crippen LogP contribution is -2.34. The summed E-state index contributed by atoms with van der Waals surface area (Å²) in [6.07, 6.45) is 2.55. The van der Waals surface area contributed by atoms with Crippen LogP contribution in [0.25, 0.3) is 0 Å². The lowest BCUT2D eigenvalue weighted by Gasteiger charge is -2.25. The molecule has 1 aliphatic heterocycles. The monoisotopic (exact) mass is 317 g/mol. The molecule has 6 nitrogen and oxygen atoms in total. The van der Waals surface area contributed by atoms with E-state index in [0.29, 0.717) is 18.1 Å². The first-order chi connectivity index (χ1) is 11.0. The van der Waals surface area contributed by atoms with Gasteiger partial charge in [-0.1, -0.05) is 12.1 Å². The number of likely N-dealkylation sites (tertiary alicyclic amines) is 1. The minimum Gasteiger partial charge on any atom is -0.466 e. The minimum absolute atomic E-state index is 0.0812. The van der Waals surface area contributed by atoms with Gasteiger partial charge in [0.2, 0.25) is 11.8 Å². The molecule has 0 saturated carbocycles. The van der Waals surface area contributed by atoms with Crippen LogP contribution in [0, 0.1) is 13.8 Å². The Morgan fingerprint density at radius 3 is 2.87 bits per heavy atom. The van der Waals surface area contributed by atoms with E-state index < -0.39 is 0 Å². The predicted molar refractivity (Wildman–Crippen MR) is 84.0 cm³/mol. The highest BCUT2D eigenvalue weighted by atomic mass is 16.5. The molecule has 0 aliphatic carbocycles. The molecule has 124 valence electrons. The van der Waals surface area contributed by atoms with E-state index >= 15 is 0 Å². The van der Waals surface area contributed by atoms with Crippen LogP contribution in [0.3, 0.4) is 0 Å². The number of furan rings is 1. The van der Waals surface area contributed by atoms with Crippen molar-refractivity contribution in [3.8, 4) is 0 Å². The van der Waals surface area contributed by atoms with E-state index in [1.165, 1.54) is 0 Å². The number of aryl methyl sites for hydroxylation is 3. The van der Waals surface area contributed by atoms with Crippen molar-refractivity contribution in [3.63, 3.8) is 0 Å². The first-order valence-corrected chi connectivity index (χ1v) is 8.21. The summed E-state index contributed by atoms with van der Waals surface area (Å²) >= 11 is 0. The van der Waals surface area contributed by atoms with E-state index in [4.69, 9.17) is 8.94 Å². The van der Waals surface area contributed by atoms with Gasteiger partial charge in [0.1, 0.15) is 11.5 Å².